The largest absolute Gasteiger partial charge is 0.484 e. The summed E-state index contributed by atoms with van der Waals surface area (Å²) in [6.45, 7) is 15.0. The summed E-state index contributed by atoms with van der Waals surface area (Å²) in [5, 5.41) is 20.4. The van der Waals surface area contributed by atoms with Crippen LogP contribution < -0.4 is 20.3 Å². The molecule has 0 bridgehead atoms. The highest BCUT2D eigenvalue weighted by Crippen LogP contribution is 2.39. The van der Waals surface area contributed by atoms with Crippen LogP contribution in [0.3, 0.4) is 0 Å². The van der Waals surface area contributed by atoms with Crippen LogP contribution in [0.15, 0.2) is 72.9 Å². The summed E-state index contributed by atoms with van der Waals surface area (Å²) >= 11 is 0. The van der Waals surface area contributed by atoms with Gasteiger partial charge in [0.2, 0.25) is 5.95 Å². The first-order valence-corrected chi connectivity index (χ1v) is 20.1. The van der Waals surface area contributed by atoms with Gasteiger partial charge in [-0.3, -0.25) is 14.6 Å². The molecule has 3 aliphatic rings. The van der Waals surface area contributed by atoms with Crippen molar-refractivity contribution in [2.75, 3.05) is 50.0 Å². The number of carbonyl (C=O) groups is 1. The number of nitrogens with one attached hydrogen (secondary N) is 2. The lowest BCUT2D eigenvalue weighted by molar-refractivity contribution is 0.171. The van der Waals surface area contributed by atoms with Gasteiger partial charge in [0.05, 0.1) is 23.6 Å². The highest BCUT2D eigenvalue weighted by Gasteiger charge is 2.31. The average molecular weight is 745 g/mol. The van der Waals surface area contributed by atoms with Gasteiger partial charge >= 0.3 is 6.03 Å². The van der Waals surface area contributed by atoms with Gasteiger partial charge in [0.1, 0.15) is 17.7 Å². The molecule has 1 aliphatic carbocycles. The van der Waals surface area contributed by atoms with Crippen LogP contribution in [-0.2, 0) is 12.0 Å². The van der Waals surface area contributed by atoms with E-state index in [4.69, 9.17) is 9.84 Å². The zero-order valence-corrected chi connectivity index (χ0v) is 33.0. The average Bonchev–Trinajstić information content (AvgIpc) is 3.73. The second-order valence-electron chi connectivity index (χ2n) is 16.8. The number of fused-ring (bicyclic) bond motifs is 2. The Morgan fingerprint density at radius 3 is 2.49 bits per heavy atom. The van der Waals surface area contributed by atoms with E-state index in [0.717, 1.165) is 105 Å². The number of anilines is 2. The lowest BCUT2D eigenvalue weighted by atomic mass is 9.85. The van der Waals surface area contributed by atoms with Gasteiger partial charge in [0, 0.05) is 43.7 Å². The number of ether oxygens (including phenoxy) is 1. The number of rotatable bonds is 8. The fourth-order valence-electron chi connectivity index (χ4n) is 8.31. The number of piperidine rings is 1. The molecule has 2 aliphatic heterocycles. The molecule has 290 valence electrons. The number of carbonyl (C=O) groups excluding carboxylic acids is 1. The van der Waals surface area contributed by atoms with E-state index in [1.807, 2.05) is 41.2 Å². The Kier molecular flexibility index (Phi) is 10.5. The van der Waals surface area contributed by atoms with Gasteiger partial charge in [-0.2, -0.15) is 5.10 Å². The minimum atomic E-state index is -0.263. The summed E-state index contributed by atoms with van der Waals surface area (Å²) in [7, 11) is 2.20. The molecule has 3 aromatic heterocycles. The maximum absolute atomic E-state index is 13.8. The summed E-state index contributed by atoms with van der Waals surface area (Å²) in [6.07, 6.45) is 8.12. The number of benzene rings is 2. The van der Waals surface area contributed by atoms with E-state index in [9.17, 15) is 4.79 Å². The van der Waals surface area contributed by atoms with Crippen LogP contribution in [0.2, 0.25) is 0 Å². The van der Waals surface area contributed by atoms with Crippen LogP contribution in [0.1, 0.15) is 101 Å². The molecule has 0 spiro atoms. The normalized spacial score (nSPS) is 21.3. The molecule has 2 saturated heterocycles. The maximum Gasteiger partial charge on any atom is 0.320 e. The van der Waals surface area contributed by atoms with Gasteiger partial charge in [-0.25, -0.2) is 9.48 Å². The van der Waals surface area contributed by atoms with Crippen LogP contribution in [0.5, 0.6) is 5.75 Å². The number of nitrogens with zero attached hydrogens (tertiary/aromatic N) is 8. The minimum absolute atomic E-state index is 0.150. The predicted octanol–water partition coefficient (Wildman–Crippen LogP) is 7.51. The molecule has 0 saturated carbocycles. The summed E-state index contributed by atoms with van der Waals surface area (Å²) in [5.74, 6) is 2.28. The van der Waals surface area contributed by atoms with Crippen LogP contribution in [0.4, 0.5) is 16.6 Å². The highest BCUT2D eigenvalue weighted by molar-refractivity contribution is 5.89. The van der Waals surface area contributed by atoms with Gasteiger partial charge in [0.25, 0.3) is 0 Å². The Labute approximate surface area is 324 Å². The lowest BCUT2D eigenvalue weighted by Crippen LogP contribution is -2.38. The molecule has 2 aromatic carbocycles. The molecule has 12 nitrogen and oxygen atoms in total. The molecule has 2 amide bonds. The first-order valence-electron chi connectivity index (χ1n) is 20.1. The predicted molar refractivity (Wildman–Crippen MR) is 217 cm³/mol. The third kappa shape index (κ3) is 8.21. The van der Waals surface area contributed by atoms with Crippen molar-refractivity contribution in [1.29, 1.82) is 0 Å². The van der Waals surface area contributed by atoms with Crippen molar-refractivity contribution in [3.8, 4) is 11.4 Å². The first-order chi connectivity index (χ1) is 26.6. The summed E-state index contributed by atoms with van der Waals surface area (Å²) in [4.78, 5) is 21.1. The highest BCUT2D eigenvalue weighted by atomic mass is 16.5. The number of likely N-dealkylation sites (N-methyl/N-ethyl adjacent to an activating group) is 1. The molecule has 3 atom stereocenters. The minimum Gasteiger partial charge on any atom is -0.484 e. The Bertz CT molecular complexity index is 2100. The van der Waals surface area contributed by atoms with Crippen molar-refractivity contribution < 1.29 is 9.53 Å². The number of hydrogen-bond acceptors (Lipinski definition) is 8. The van der Waals surface area contributed by atoms with E-state index < -0.39 is 0 Å². The molecule has 5 heterocycles. The third-order valence-electron chi connectivity index (χ3n) is 11.6. The molecule has 3 unspecified atom stereocenters. The Morgan fingerprint density at radius 1 is 0.873 bits per heavy atom. The molecule has 8 rings (SSSR count). The van der Waals surface area contributed by atoms with Gasteiger partial charge in [-0.15, -0.1) is 10.2 Å². The maximum atomic E-state index is 13.8. The topological polar surface area (TPSA) is 108 Å². The van der Waals surface area contributed by atoms with E-state index in [0.29, 0.717) is 11.9 Å². The molecule has 55 heavy (non-hydrogen) atoms. The third-order valence-corrected chi connectivity index (χ3v) is 11.6. The van der Waals surface area contributed by atoms with E-state index in [1.165, 1.54) is 18.4 Å². The van der Waals surface area contributed by atoms with Crippen molar-refractivity contribution >= 4 is 23.4 Å². The summed E-state index contributed by atoms with van der Waals surface area (Å²) in [5.41, 5.74) is 5.86. The zero-order valence-electron chi connectivity index (χ0n) is 33.0. The van der Waals surface area contributed by atoms with Crippen molar-refractivity contribution in [3.05, 3.63) is 95.3 Å². The van der Waals surface area contributed by atoms with Gasteiger partial charge in [-0.05, 0) is 107 Å². The van der Waals surface area contributed by atoms with Crippen molar-refractivity contribution in [2.24, 2.45) is 0 Å². The molecule has 2 fully saturated rings. The van der Waals surface area contributed by atoms with Crippen LogP contribution in [0.25, 0.3) is 11.3 Å². The fraction of sp³-hybridized carbons (Fsp3) is 0.488. The molecular weight excluding hydrogens is 689 g/mol. The smallest absolute Gasteiger partial charge is 0.320 e. The van der Waals surface area contributed by atoms with Gasteiger partial charge in [-0.1, -0.05) is 57.2 Å². The Balaban J connectivity index is 0.963. The molecular formula is C43H56N10O2. The number of amides is 2. The van der Waals surface area contributed by atoms with Gasteiger partial charge < -0.3 is 19.9 Å². The molecule has 0 radical (unpaired) electrons. The summed E-state index contributed by atoms with van der Waals surface area (Å²) in [6, 6.07) is 22.8. The second kappa shape index (κ2) is 15.7. The summed E-state index contributed by atoms with van der Waals surface area (Å²) < 4.78 is 10.6. The zero-order chi connectivity index (χ0) is 38.1. The van der Waals surface area contributed by atoms with Crippen LogP contribution in [-0.4, -0.2) is 86.0 Å². The standard InChI is InChI=1S/C43H56N10O2/c1-30-11-8-9-24-51(30)42-47-46-39-21-18-33(29-52(39)42)55-37-20-19-36(34-12-6-7-13-35(34)37)44-41(54)45-40-27-38(43(2,3)4)48-53(40)32-16-14-31(15-17-32)28-50-23-10-22-49(5)25-26-50/h6-7,12-18,21,27,29-30,36-37H,8-11,19-20,22-26,28H2,1-5H3,(H2,44,45,54). The number of urea groups is 1. The van der Waals surface area contributed by atoms with E-state index >= 15 is 0 Å². The van der Waals surface area contributed by atoms with Crippen LogP contribution in [0, 0.1) is 0 Å². The monoisotopic (exact) mass is 744 g/mol. The van der Waals surface area contributed by atoms with Crippen molar-refractivity contribution in [3.63, 3.8) is 0 Å². The first kappa shape index (κ1) is 37.0. The van der Waals surface area contributed by atoms with Gasteiger partial charge in [0.15, 0.2) is 5.65 Å². The van der Waals surface area contributed by atoms with E-state index in [2.05, 4.69) is 111 Å². The molecule has 2 N–H and O–H groups in total. The second-order valence-corrected chi connectivity index (χ2v) is 16.8. The SMILES string of the molecule is CC1CCCCN1c1nnc2ccc(OC3CCC(NC(=O)Nc4cc(C(C)(C)C)nn4-c4ccc(CN5CCCN(C)CC5)cc4)c4ccccc43)cn12. The number of aromatic nitrogens is 5. The van der Waals surface area contributed by atoms with E-state index in [1.54, 1.807) is 0 Å². The lowest BCUT2D eigenvalue weighted by Gasteiger charge is -2.33. The van der Waals surface area contributed by atoms with Crippen molar-refractivity contribution in [1.82, 2.24) is 39.5 Å². The molecule has 5 aromatic rings. The number of pyridine rings is 1. The van der Waals surface area contributed by atoms with Crippen molar-refractivity contribution in [2.45, 2.75) is 96.4 Å². The quantitative estimate of drug-likeness (QED) is 0.168. The molecule has 12 heteroatoms. The van der Waals surface area contributed by atoms with Crippen LogP contribution >= 0.6 is 0 Å². The number of hydrogen-bond donors (Lipinski definition) is 2. The van der Waals surface area contributed by atoms with E-state index in [-0.39, 0.29) is 23.6 Å². The Hall–Kier alpha value is -4.94. The Morgan fingerprint density at radius 2 is 1.69 bits per heavy atom. The fourth-order valence-corrected chi connectivity index (χ4v) is 8.31.